The molecule has 1 aliphatic heterocycles. The second-order valence-corrected chi connectivity index (χ2v) is 4.81. The zero-order valence-corrected chi connectivity index (χ0v) is 10.9. The molecule has 1 saturated heterocycles. The number of nitrogens with one attached hydrogen (secondary N) is 1. The first-order valence-electron chi connectivity index (χ1n) is 6.53. The van der Waals surface area contributed by atoms with Crippen molar-refractivity contribution in [2.45, 2.75) is 12.8 Å². The van der Waals surface area contributed by atoms with E-state index in [2.05, 4.69) is 15.5 Å². The van der Waals surface area contributed by atoms with Crippen LogP contribution in [0.1, 0.15) is 12.2 Å². The maximum Gasteiger partial charge on any atom is 0.257 e. The van der Waals surface area contributed by atoms with E-state index in [0.717, 1.165) is 36.6 Å². The highest BCUT2D eigenvalue weighted by atomic mass is 16.5. The Morgan fingerprint density at radius 3 is 2.89 bits per heavy atom. The van der Waals surface area contributed by atoms with Gasteiger partial charge in [0.15, 0.2) is 5.82 Å². The molecule has 1 atom stereocenters. The number of benzene rings is 1. The van der Waals surface area contributed by atoms with E-state index < -0.39 is 0 Å². The maximum absolute atomic E-state index is 5.31. The first-order chi connectivity index (χ1) is 9.35. The molecule has 1 aromatic carbocycles. The maximum atomic E-state index is 5.31. The van der Waals surface area contributed by atoms with Gasteiger partial charge in [-0.1, -0.05) is 5.16 Å². The zero-order chi connectivity index (χ0) is 13.1. The Balaban J connectivity index is 1.72. The second kappa shape index (κ2) is 5.40. The Bertz CT molecular complexity index is 530. The number of rotatable bonds is 4. The van der Waals surface area contributed by atoms with E-state index in [1.165, 1.54) is 6.42 Å². The van der Waals surface area contributed by atoms with Crippen molar-refractivity contribution < 1.29 is 9.26 Å². The molecule has 1 unspecified atom stereocenters. The monoisotopic (exact) mass is 259 g/mol. The van der Waals surface area contributed by atoms with E-state index >= 15 is 0 Å². The summed E-state index contributed by atoms with van der Waals surface area (Å²) in [4.78, 5) is 4.45. The van der Waals surface area contributed by atoms with Gasteiger partial charge in [0, 0.05) is 12.0 Å². The summed E-state index contributed by atoms with van der Waals surface area (Å²) in [6.45, 7) is 2.14. The summed E-state index contributed by atoms with van der Waals surface area (Å²) < 4.78 is 10.4. The van der Waals surface area contributed by atoms with Crippen molar-refractivity contribution in [3.8, 4) is 17.2 Å². The quantitative estimate of drug-likeness (QED) is 0.908. The SMILES string of the molecule is COc1ccc(-c2nc(CC3CCNC3)no2)cc1. The minimum absolute atomic E-state index is 0.573. The summed E-state index contributed by atoms with van der Waals surface area (Å²) in [5.74, 6) is 2.81. The number of methoxy groups -OCH3 is 1. The molecule has 3 rings (SSSR count). The van der Waals surface area contributed by atoms with Crippen molar-refractivity contribution in [2.24, 2.45) is 5.92 Å². The zero-order valence-electron chi connectivity index (χ0n) is 10.9. The van der Waals surface area contributed by atoms with Crippen molar-refractivity contribution in [3.05, 3.63) is 30.1 Å². The summed E-state index contributed by atoms with van der Waals surface area (Å²) in [5, 5.41) is 7.40. The smallest absolute Gasteiger partial charge is 0.257 e. The summed E-state index contributed by atoms with van der Waals surface area (Å²) in [6, 6.07) is 7.63. The molecule has 2 aromatic rings. The van der Waals surface area contributed by atoms with Crippen molar-refractivity contribution in [1.29, 1.82) is 0 Å². The highest BCUT2D eigenvalue weighted by molar-refractivity contribution is 5.54. The molecule has 5 nitrogen and oxygen atoms in total. The Morgan fingerprint density at radius 2 is 2.21 bits per heavy atom. The first-order valence-corrected chi connectivity index (χ1v) is 6.53. The van der Waals surface area contributed by atoms with Crippen molar-refractivity contribution in [3.63, 3.8) is 0 Å². The molecule has 0 amide bonds. The third-order valence-corrected chi connectivity index (χ3v) is 3.44. The van der Waals surface area contributed by atoms with Crippen LogP contribution in [0.2, 0.25) is 0 Å². The Hall–Kier alpha value is -1.88. The van der Waals surface area contributed by atoms with Gasteiger partial charge in [-0.05, 0) is 49.7 Å². The van der Waals surface area contributed by atoms with Crippen LogP contribution in [0.4, 0.5) is 0 Å². The third kappa shape index (κ3) is 2.76. The number of hydrogen-bond acceptors (Lipinski definition) is 5. The first kappa shape index (κ1) is 12.2. The standard InChI is InChI=1S/C14H17N3O2/c1-18-12-4-2-11(3-5-12)14-16-13(17-19-14)8-10-6-7-15-9-10/h2-5,10,15H,6-9H2,1H3. The van der Waals surface area contributed by atoms with Crippen LogP contribution < -0.4 is 10.1 Å². The van der Waals surface area contributed by atoms with Gasteiger partial charge >= 0.3 is 0 Å². The lowest BCUT2D eigenvalue weighted by molar-refractivity contribution is 0.412. The average Bonchev–Trinajstić information content (AvgIpc) is 3.11. The molecule has 0 saturated carbocycles. The molecular weight excluding hydrogens is 242 g/mol. The molecule has 0 bridgehead atoms. The van der Waals surface area contributed by atoms with Crippen molar-refractivity contribution >= 4 is 0 Å². The molecule has 0 aliphatic carbocycles. The van der Waals surface area contributed by atoms with E-state index in [1.807, 2.05) is 24.3 Å². The van der Waals surface area contributed by atoms with Gasteiger partial charge in [0.1, 0.15) is 5.75 Å². The number of hydrogen-bond donors (Lipinski definition) is 1. The van der Waals surface area contributed by atoms with Gasteiger partial charge in [0.25, 0.3) is 5.89 Å². The molecule has 0 radical (unpaired) electrons. The molecule has 0 spiro atoms. The highest BCUT2D eigenvalue weighted by Gasteiger charge is 2.18. The molecule has 1 aliphatic rings. The largest absolute Gasteiger partial charge is 0.497 e. The summed E-state index contributed by atoms with van der Waals surface area (Å²) in [7, 11) is 1.65. The minimum Gasteiger partial charge on any atom is -0.497 e. The third-order valence-electron chi connectivity index (χ3n) is 3.44. The molecule has 100 valence electrons. The molecule has 2 heterocycles. The van der Waals surface area contributed by atoms with Crippen LogP contribution in [0, 0.1) is 5.92 Å². The molecular formula is C14H17N3O2. The average molecular weight is 259 g/mol. The van der Waals surface area contributed by atoms with Crippen LogP contribution in [-0.4, -0.2) is 30.3 Å². The van der Waals surface area contributed by atoms with Gasteiger partial charge in [-0.25, -0.2) is 0 Å². The van der Waals surface area contributed by atoms with E-state index in [9.17, 15) is 0 Å². The van der Waals surface area contributed by atoms with E-state index in [1.54, 1.807) is 7.11 Å². The molecule has 1 N–H and O–H groups in total. The Kier molecular flexibility index (Phi) is 3.46. The van der Waals surface area contributed by atoms with E-state index in [4.69, 9.17) is 9.26 Å². The fraction of sp³-hybridized carbons (Fsp3) is 0.429. The molecule has 1 fully saturated rings. The van der Waals surface area contributed by atoms with Crippen LogP contribution in [0.3, 0.4) is 0 Å². The Morgan fingerprint density at radius 1 is 1.37 bits per heavy atom. The molecule has 19 heavy (non-hydrogen) atoms. The minimum atomic E-state index is 0.573. The van der Waals surface area contributed by atoms with Gasteiger partial charge in [-0.15, -0.1) is 0 Å². The summed E-state index contributed by atoms with van der Waals surface area (Å²) >= 11 is 0. The van der Waals surface area contributed by atoms with E-state index in [0.29, 0.717) is 11.8 Å². The number of aromatic nitrogens is 2. The topological polar surface area (TPSA) is 60.2 Å². The Labute approximate surface area is 112 Å². The van der Waals surface area contributed by atoms with Crippen LogP contribution in [0.25, 0.3) is 11.5 Å². The fourth-order valence-electron chi connectivity index (χ4n) is 2.33. The summed E-state index contributed by atoms with van der Waals surface area (Å²) in [5.41, 5.74) is 0.920. The predicted octanol–water partition coefficient (Wildman–Crippen LogP) is 1.90. The molecule has 1 aromatic heterocycles. The molecule has 5 heteroatoms. The van der Waals surface area contributed by atoms with Crippen LogP contribution >= 0.6 is 0 Å². The van der Waals surface area contributed by atoms with Crippen molar-refractivity contribution in [2.75, 3.05) is 20.2 Å². The van der Waals surface area contributed by atoms with Gasteiger partial charge in [0.2, 0.25) is 0 Å². The van der Waals surface area contributed by atoms with Crippen LogP contribution in [0.15, 0.2) is 28.8 Å². The lowest BCUT2D eigenvalue weighted by atomic mass is 10.1. The number of nitrogens with zero attached hydrogens (tertiary/aromatic N) is 2. The highest BCUT2D eigenvalue weighted by Crippen LogP contribution is 2.21. The summed E-state index contributed by atoms with van der Waals surface area (Å²) in [6.07, 6.45) is 2.07. The van der Waals surface area contributed by atoms with Gasteiger partial charge in [0.05, 0.1) is 7.11 Å². The lowest BCUT2D eigenvalue weighted by Crippen LogP contribution is -2.11. The van der Waals surface area contributed by atoms with Gasteiger partial charge in [-0.3, -0.25) is 0 Å². The lowest BCUT2D eigenvalue weighted by Gasteiger charge is -2.02. The van der Waals surface area contributed by atoms with E-state index in [-0.39, 0.29) is 0 Å². The van der Waals surface area contributed by atoms with Gasteiger partial charge in [-0.2, -0.15) is 4.98 Å². The number of ether oxygens (including phenoxy) is 1. The van der Waals surface area contributed by atoms with Gasteiger partial charge < -0.3 is 14.6 Å². The second-order valence-electron chi connectivity index (χ2n) is 4.81. The predicted molar refractivity (Wildman–Crippen MR) is 71.0 cm³/mol. The van der Waals surface area contributed by atoms with Crippen molar-refractivity contribution in [1.82, 2.24) is 15.5 Å². The normalized spacial score (nSPS) is 18.7. The van der Waals surface area contributed by atoms with Crippen LogP contribution in [-0.2, 0) is 6.42 Å². The van der Waals surface area contributed by atoms with Crippen LogP contribution in [0.5, 0.6) is 5.75 Å². The fourth-order valence-corrected chi connectivity index (χ4v) is 2.33.